The Morgan fingerprint density at radius 2 is 2.15 bits per heavy atom. The third-order valence-corrected chi connectivity index (χ3v) is 6.05. The van der Waals surface area contributed by atoms with Gasteiger partial charge in [0, 0.05) is 23.4 Å². The number of nitrogens with zero attached hydrogens (tertiary/aromatic N) is 3. The van der Waals surface area contributed by atoms with Gasteiger partial charge in [-0.1, -0.05) is 29.9 Å². The molecule has 7 nitrogen and oxygen atoms in total. The molecular formula is C15H18ClFN3O4S2+. The lowest BCUT2D eigenvalue weighted by atomic mass is 10.2. The highest BCUT2D eigenvalue weighted by molar-refractivity contribution is 7.90. The van der Waals surface area contributed by atoms with Crippen molar-refractivity contribution in [3.05, 3.63) is 29.4 Å². The molecule has 1 N–H and O–H groups in total. The summed E-state index contributed by atoms with van der Waals surface area (Å²) in [7, 11) is -3.31. The fraction of sp³-hybridized carbons (Fsp3) is 0.400. The number of anilines is 1. The maximum absolute atomic E-state index is 13.5. The Balaban J connectivity index is 2.37. The van der Waals surface area contributed by atoms with E-state index >= 15 is 0 Å². The summed E-state index contributed by atoms with van der Waals surface area (Å²) in [6.45, 7) is 3.52. The van der Waals surface area contributed by atoms with Gasteiger partial charge in [0.05, 0.1) is 11.3 Å². The molecule has 0 saturated carbocycles. The van der Waals surface area contributed by atoms with Gasteiger partial charge in [-0.3, -0.25) is 10.0 Å². The summed E-state index contributed by atoms with van der Waals surface area (Å²) < 4.78 is 36.9. The van der Waals surface area contributed by atoms with Gasteiger partial charge in [0.1, 0.15) is 19.8 Å². The summed E-state index contributed by atoms with van der Waals surface area (Å²) in [5, 5.41) is 10.1. The Bertz CT molecular complexity index is 913. The molecule has 0 bridgehead atoms. The van der Waals surface area contributed by atoms with Crippen LogP contribution in [0.1, 0.15) is 13.8 Å². The molecule has 1 atom stereocenters. The third kappa shape index (κ3) is 4.89. The number of hydrogen-bond acceptors (Lipinski definition) is 6. The smallest absolute Gasteiger partial charge is 0.257 e. The van der Waals surface area contributed by atoms with E-state index in [4.69, 9.17) is 11.6 Å². The van der Waals surface area contributed by atoms with Crippen LogP contribution in [0.4, 0.5) is 9.39 Å². The Kier molecular flexibility index (Phi) is 6.20. The van der Waals surface area contributed by atoms with E-state index in [1.807, 2.05) is 0 Å². The molecule has 142 valence electrons. The molecule has 26 heavy (non-hydrogen) atoms. The van der Waals surface area contributed by atoms with E-state index < -0.39 is 27.5 Å². The van der Waals surface area contributed by atoms with Gasteiger partial charge in [-0.2, -0.15) is 0 Å². The van der Waals surface area contributed by atoms with E-state index in [2.05, 4.69) is 4.98 Å². The predicted molar refractivity (Wildman–Crippen MR) is 96.8 cm³/mol. The zero-order valence-electron chi connectivity index (χ0n) is 14.3. The van der Waals surface area contributed by atoms with E-state index in [0.29, 0.717) is 20.3 Å². The lowest BCUT2D eigenvalue weighted by molar-refractivity contribution is -0.905. The van der Waals surface area contributed by atoms with Crippen LogP contribution < -0.4 is 9.63 Å². The fourth-order valence-corrected chi connectivity index (χ4v) is 4.83. The van der Waals surface area contributed by atoms with E-state index in [-0.39, 0.29) is 17.5 Å². The van der Waals surface area contributed by atoms with Crippen molar-refractivity contribution in [3.8, 4) is 10.6 Å². The maximum atomic E-state index is 13.5. The SMILES string of the molecule is CCN(C(=O)C(C)CS(C)(=O)=O)c1sc(-c2cc(F)c[n+](O)c2)nc1Cl. The molecule has 1 amide bonds. The lowest BCUT2D eigenvalue weighted by Gasteiger charge is -2.22. The number of carbonyl (C=O) groups excluding carboxylic acids is 1. The third-order valence-electron chi connectivity index (χ3n) is 3.44. The second kappa shape index (κ2) is 7.85. The Labute approximate surface area is 159 Å². The fourth-order valence-electron chi connectivity index (χ4n) is 2.42. The molecule has 1 unspecified atom stereocenters. The zero-order chi connectivity index (χ0) is 19.6. The average Bonchev–Trinajstić information content (AvgIpc) is 2.87. The van der Waals surface area contributed by atoms with Crippen LogP contribution in [0.3, 0.4) is 0 Å². The monoisotopic (exact) mass is 422 g/mol. The number of thiazole rings is 1. The molecule has 11 heteroatoms. The van der Waals surface area contributed by atoms with Crippen LogP contribution in [0.15, 0.2) is 18.5 Å². The topological polar surface area (TPSA) is 91.5 Å². The van der Waals surface area contributed by atoms with Crippen LogP contribution >= 0.6 is 22.9 Å². The first kappa shape index (κ1) is 20.5. The second-order valence-corrected chi connectivity index (χ2v) is 9.33. The molecule has 0 aliphatic rings. The number of aromatic nitrogens is 2. The van der Waals surface area contributed by atoms with Gasteiger partial charge in [0.15, 0.2) is 11.0 Å². The van der Waals surface area contributed by atoms with Gasteiger partial charge in [-0.05, 0) is 13.0 Å². The van der Waals surface area contributed by atoms with E-state index in [9.17, 15) is 22.8 Å². The summed E-state index contributed by atoms with van der Waals surface area (Å²) >= 11 is 7.20. The molecule has 2 aromatic rings. The Morgan fingerprint density at radius 1 is 1.50 bits per heavy atom. The molecule has 0 aromatic carbocycles. The van der Waals surface area contributed by atoms with Gasteiger partial charge in [-0.25, -0.2) is 17.8 Å². The average molecular weight is 423 g/mol. The van der Waals surface area contributed by atoms with Gasteiger partial charge < -0.3 is 4.90 Å². The second-order valence-electron chi connectivity index (χ2n) is 5.81. The standard InChI is InChI=1S/C15H18ClFN3O4S2/c1-4-20(14(21)9(2)8-26(3,23)24)15-12(16)18-13(25-15)10-5-11(17)7-19(22)6-10/h5-7,9,22H,4,8H2,1-3H3/q+1. The van der Waals surface area contributed by atoms with Crippen molar-refractivity contribution in [1.82, 2.24) is 4.98 Å². The Hall–Kier alpha value is -1.78. The summed E-state index contributed by atoms with van der Waals surface area (Å²) in [4.78, 5) is 18.1. The molecule has 0 aliphatic heterocycles. The van der Waals surface area contributed by atoms with Gasteiger partial charge in [0.25, 0.3) is 6.20 Å². The van der Waals surface area contributed by atoms with Crippen LogP contribution in [0.2, 0.25) is 5.15 Å². The number of halogens is 2. The minimum Gasteiger partial charge on any atom is -0.301 e. The van der Waals surface area contributed by atoms with Crippen LogP contribution in [0, 0.1) is 11.7 Å². The van der Waals surface area contributed by atoms with Crippen LogP contribution in [-0.2, 0) is 14.6 Å². The quantitative estimate of drug-likeness (QED) is 0.569. The van der Waals surface area contributed by atoms with Crippen molar-refractivity contribution < 1.29 is 27.5 Å². The molecule has 2 heterocycles. The van der Waals surface area contributed by atoms with Gasteiger partial charge >= 0.3 is 0 Å². The summed E-state index contributed by atoms with van der Waals surface area (Å²) in [5.74, 6) is -2.09. The van der Waals surface area contributed by atoms with E-state index in [1.54, 1.807) is 6.92 Å². The molecule has 2 rings (SSSR count). The zero-order valence-corrected chi connectivity index (χ0v) is 16.7. The van der Waals surface area contributed by atoms with Crippen molar-refractivity contribution in [2.45, 2.75) is 13.8 Å². The molecule has 0 aliphatic carbocycles. The van der Waals surface area contributed by atoms with E-state index in [1.165, 1.54) is 24.1 Å². The van der Waals surface area contributed by atoms with Crippen molar-refractivity contribution in [3.63, 3.8) is 0 Å². The van der Waals surface area contributed by atoms with Gasteiger partial charge in [-0.15, -0.1) is 0 Å². The summed E-state index contributed by atoms with van der Waals surface area (Å²) in [6.07, 6.45) is 3.21. The lowest BCUT2D eigenvalue weighted by Crippen LogP contribution is -2.37. The van der Waals surface area contributed by atoms with Crippen LogP contribution in [-0.4, -0.2) is 43.1 Å². The maximum Gasteiger partial charge on any atom is 0.257 e. The highest BCUT2D eigenvalue weighted by Gasteiger charge is 2.28. The molecule has 0 radical (unpaired) electrons. The highest BCUT2D eigenvalue weighted by atomic mass is 35.5. The van der Waals surface area contributed by atoms with Crippen LogP contribution in [0.25, 0.3) is 10.6 Å². The number of sulfone groups is 1. The minimum absolute atomic E-state index is 0.0421. The molecule has 0 fully saturated rings. The first-order chi connectivity index (χ1) is 12.0. The van der Waals surface area contributed by atoms with Crippen molar-refractivity contribution in [2.24, 2.45) is 5.92 Å². The van der Waals surface area contributed by atoms with Crippen molar-refractivity contribution in [2.75, 3.05) is 23.5 Å². The number of rotatable bonds is 6. The Morgan fingerprint density at radius 3 is 2.69 bits per heavy atom. The normalized spacial score (nSPS) is 12.8. The van der Waals surface area contributed by atoms with Gasteiger partial charge in [0.2, 0.25) is 12.1 Å². The molecular weight excluding hydrogens is 405 g/mol. The summed E-state index contributed by atoms with van der Waals surface area (Å²) in [5.41, 5.74) is 0.290. The number of pyridine rings is 1. The molecule has 0 spiro atoms. The van der Waals surface area contributed by atoms with Crippen molar-refractivity contribution >= 4 is 43.7 Å². The van der Waals surface area contributed by atoms with E-state index in [0.717, 1.165) is 23.8 Å². The number of hydrogen-bond donors (Lipinski definition) is 1. The molecule has 0 saturated heterocycles. The van der Waals surface area contributed by atoms with Crippen molar-refractivity contribution in [1.29, 1.82) is 0 Å². The summed E-state index contributed by atoms with van der Waals surface area (Å²) in [6, 6.07) is 1.18. The van der Waals surface area contributed by atoms with Crippen LogP contribution in [0.5, 0.6) is 0 Å². The largest absolute Gasteiger partial charge is 0.301 e. The minimum atomic E-state index is -3.31. The first-order valence-electron chi connectivity index (χ1n) is 7.58. The predicted octanol–water partition coefficient (Wildman–Crippen LogP) is 2.16. The first-order valence-corrected chi connectivity index (χ1v) is 10.8. The highest BCUT2D eigenvalue weighted by Crippen LogP contribution is 2.38. The molecule has 2 aromatic heterocycles. The number of amides is 1. The number of carbonyl (C=O) groups is 1.